The molecule has 1 unspecified atom stereocenters. The first-order chi connectivity index (χ1) is 8.66. The van der Waals surface area contributed by atoms with E-state index in [1.807, 2.05) is 18.2 Å². The highest BCUT2D eigenvalue weighted by Gasteiger charge is 2.12. The summed E-state index contributed by atoms with van der Waals surface area (Å²) in [6, 6.07) is 9.79. The maximum absolute atomic E-state index is 10.3. The average molecular weight is 242 g/mol. The van der Waals surface area contributed by atoms with Gasteiger partial charge in [-0.2, -0.15) is 0 Å². The Bertz CT molecular complexity index is 497. The van der Waals surface area contributed by atoms with E-state index in [4.69, 9.17) is 0 Å². The second-order valence-electron chi connectivity index (χ2n) is 4.88. The maximum Gasteiger partial charge on any atom is 0.121 e. The predicted octanol–water partition coefficient (Wildman–Crippen LogP) is 2.76. The molecule has 0 fully saturated rings. The van der Waals surface area contributed by atoms with Gasteiger partial charge in [-0.3, -0.25) is 0 Å². The fourth-order valence-electron chi connectivity index (χ4n) is 2.00. The minimum atomic E-state index is -0.680. The molecule has 0 aliphatic heterocycles. The summed E-state index contributed by atoms with van der Waals surface area (Å²) in [5.41, 5.74) is 2.76. The van der Waals surface area contributed by atoms with Gasteiger partial charge in [0.25, 0.3) is 0 Å². The Labute approximate surface area is 108 Å². The number of nitrogens with zero attached hydrogens (tertiary/aromatic N) is 2. The molecule has 94 valence electrons. The molecule has 1 atom stereocenters. The largest absolute Gasteiger partial charge is 0.382 e. The van der Waals surface area contributed by atoms with Gasteiger partial charge in [0.15, 0.2) is 0 Å². The molecule has 1 aromatic carbocycles. The van der Waals surface area contributed by atoms with Crippen molar-refractivity contribution >= 4 is 0 Å². The summed E-state index contributed by atoms with van der Waals surface area (Å²) in [6.07, 6.45) is 3.44. The first kappa shape index (κ1) is 12.7. The Morgan fingerprint density at radius 1 is 1.22 bits per heavy atom. The molecule has 3 nitrogen and oxygen atoms in total. The Balaban J connectivity index is 2.23. The van der Waals surface area contributed by atoms with Gasteiger partial charge in [-0.05, 0) is 29.5 Å². The lowest BCUT2D eigenvalue weighted by Crippen LogP contribution is -2.03. The molecular weight excluding hydrogens is 224 g/mol. The number of aromatic nitrogens is 2. The fraction of sp³-hybridized carbons (Fsp3) is 0.333. The second kappa shape index (κ2) is 5.74. The van der Waals surface area contributed by atoms with Crippen molar-refractivity contribution in [3.05, 3.63) is 59.7 Å². The third-order valence-electron chi connectivity index (χ3n) is 2.80. The van der Waals surface area contributed by atoms with Crippen molar-refractivity contribution in [1.29, 1.82) is 0 Å². The van der Waals surface area contributed by atoms with Crippen LogP contribution in [-0.4, -0.2) is 15.1 Å². The maximum atomic E-state index is 10.3. The van der Waals surface area contributed by atoms with Gasteiger partial charge >= 0.3 is 0 Å². The average Bonchev–Trinajstić information content (AvgIpc) is 2.38. The molecule has 0 radical (unpaired) electrons. The van der Waals surface area contributed by atoms with Crippen molar-refractivity contribution in [3.8, 4) is 0 Å². The van der Waals surface area contributed by atoms with Gasteiger partial charge < -0.3 is 5.11 Å². The zero-order valence-electron chi connectivity index (χ0n) is 10.7. The van der Waals surface area contributed by atoms with Gasteiger partial charge in [0, 0.05) is 6.20 Å². The third kappa shape index (κ3) is 3.14. The monoisotopic (exact) mass is 242 g/mol. The Hall–Kier alpha value is -1.74. The van der Waals surface area contributed by atoms with Crippen LogP contribution in [0.1, 0.15) is 36.8 Å². The molecule has 2 aromatic rings. The SMILES string of the molecule is CC(C)Cc1cccc(C(O)c2ccncn2)c1. The van der Waals surface area contributed by atoms with E-state index in [9.17, 15) is 5.11 Å². The summed E-state index contributed by atoms with van der Waals surface area (Å²) in [5, 5.41) is 10.3. The summed E-state index contributed by atoms with van der Waals surface area (Å²) < 4.78 is 0. The van der Waals surface area contributed by atoms with Crippen molar-refractivity contribution < 1.29 is 5.11 Å². The molecule has 1 heterocycles. The highest BCUT2D eigenvalue weighted by Crippen LogP contribution is 2.21. The molecule has 3 heteroatoms. The van der Waals surface area contributed by atoms with E-state index < -0.39 is 6.10 Å². The molecule has 0 saturated heterocycles. The van der Waals surface area contributed by atoms with E-state index in [1.54, 1.807) is 12.3 Å². The molecule has 0 saturated carbocycles. The van der Waals surface area contributed by atoms with E-state index in [-0.39, 0.29) is 0 Å². The highest BCUT2D eigenvalue weighted by molar-refractivity contribution is 5.29. The Kier molecular flexibility index (Phi) is 4.05. The summed E-state index contributed by atoms with van der Waals surface area (Å²) in [6.45, 7) is 4.38. The Morgan fingerprint density at radius 2 is 2.06 bits per heavy atom. The number of aliphatic hydroxyl groups excluding tert-OH is 1. The third-order valence-corrected chi connectivity index (χ3v) is 2.80. The zero-order valence-corrected chi connectivity index (χ0v) is 10.7. The lowest BCUT2D eigenvalue weighted by molar-refractivity contribution is 0.215. The van der Waals surface area contributed by atoms with Gasteiger partial charge in [0.2, 0.25) is 0 Å². The number of benzene rings is 1. The summed E-state index contributed by atoms with van der Waals surface area (Å²) >= 11 is 0. The lowest BCUT2D eigenvalue weighted by Gasteiger charge is -2.12. The molecule has 1 aromatic heterocycles. The van der Waals surface area contributed by atoms with Crippen molar-refractivity contribution in [2.24, 2.45) is 5.92 Å². The standard InChI is InChI=1S/C15H18N2O/c1-11(2)8-12-4-3-5-13(9-12)15(18)14-6-7-16-10-17-14/h3-7,9-11,15,18H,8H2,1-2H3. The quantitative estimate of drug-likeness (QED) is 0.896. The lowest BCUT2D eigenvalue weighted by atomic mass is 9.98. The smallest absolute Gasteiger partial charge is 0.121 e. The van der Waals surface area contributed by atoms with Gasteiger partial charge in [0.1, 0.15) is 12.4 Å². The van der Waals surface area contributed by atoms with Crippen LogP contribution >= 0.6 is 0 Å². The normalized spacial score (nSPS) is 12.7. The first-order valence-corrected chi connectivity index (χ1v) is 6.19. The van der Waals surface area contributed by atoms with E-state index in [0.717, 1.165) is 12.0 Å². The van der Waals surface area contributed by atoms with Crippen LogP contribution in [0.2, 0.25) is 0 Å². The van der Waals surface area contributed by atoms with Gasteiger partial charge in [-0.15, -0.1) is 0 Å². The van der Waals surface area contributed by atoms with Crippen molar-refractivity contribution in [1.82, 2.24) is 9.97 Å². The Morgan fingerprint density at radius 3 is 2.72 bits per heavy atom. The second-order valence-corrected chi connectivity index (χ2v) is 4.88. The first-order valence-electron chi connectivity index (χ1n) is 6.19. The van der Waals surface area contributed by atoms with E-state index in [1.165, 1.54) is 11.9 Å². The molecular formula is C15H18N2O. The van der Waals surface area contributed by atoms with Gasteiger partial charge in [-0.25, -0.2) is 9.97 Å². The number of hydrogen-bond donors (Lipinski definition) is 1. The fourth-order valence-corrected chi connectivity index (χ4v) is 2.00. The van der Waals surface area contributed by atoms with E-state index >= 15 is 0 Å². The van der Waals surface area contributed by atoms with E-state index in [0.29, 0.717) is 11.6 Å². The molecule has 1 N–H and O–H groups in total. The van der Waals surface area contributed by atoms with Crippen LogP contribution in [0.4, 0.5) is 0 Å². The minimum absolute atomic E-state index is 0.608. The topological polar surface area (TPSA) is 46.0 Å². The van der Waals surface area contributed by atoms with Crippen LogP contribution in [0.25, 0.3) is 0 Å². The van der Waals surface area contributed by atoms with Crippen LogP contribution in [0.15, 0.2) is 42.9 Å². The highest BCUT2D eigenvalue weighted by atomic mass is 16.3. The molecule has 0 spiro atoms. The van der Waals surface area contributed by atoms with Crippen LogP contribution < -0.4 is 0 Å². The van der Waals surface area contributed by atoms with Crippen LogP contribution in [0.3, 0.4) is 0 Å². The summed E-state index contributed by atoms with van der Waals surface area (Å²) in [5.74, 6) is 0.608. The summed E-state index contributed by atoms with van der Waals surface area (Å²) in [4.78, 5) is 7.94. The van der Waals surface area contributed by atoms with Crippen LogP contribution in [-0.2, 0) is 6.42 Å². The predicted molar refractivity (Wildman–Crippen MR) is 71.1 cm³/mol. The van der Waals surface area contributed by atoms with Crippen LogP contribution in [0.5, 0.6) is 0 Å². The number of rotatable bonds is 4. The van der Waals surface area contributed by atoms with Crippen molar-refractivity contribution in [2.75, 3.05) is 0 Å². The van der Waals surface area contributed by atoms with Crippen LogP contribution in [0, 0.1) is 5.92 Å². The van der Waals surface area contributed by atoms with Gasteiger partial charge in [0.05, 0.1) is 5.69 Å². The van der Waals surface area contributed by atoms with Crippen molar-refractivity contribution in [3.63, 3.8) is 0 Å². The van der Waals surface area contributed by atoms with Crippen molar-refractivity contribution in [2.45, 2.75) is 26.4 Å². The molecule has 0 amide bonds. The summed E-state index contributed by atoms with van der Waals surface area (Å²) in [7, 11) is 0. The number of aliphatic hydroxyl groups is 1. The molecule has 0 bridgehead atoms. The molecule has 18 heavy (non-hydrogen) atoms. The molecule has 0 aliphatic carbocycles. The molecule has 0 aliphatic rings. The van der Waals surface area contributed by atoms with E-state index in [2.05, 4.69) is 29.9 Å². The molecule has 2 rings (SSSR count). The zero-order chi connectivity index (χ0) is 13.0. The van der Waals surface area contributed by atoms with Gasteiger partial charge in [-0.1, -0.05) is 38.1 Å². The number of hydrogen-bond acceptors (Lipinski definition) is 3. The minimum Gasteiger partial charge on any atom is -0.382 e.